The number of nitrogens with zero attached hydrogens (tertiary/aromatic N) is 2. The van der Waals surface area contributed by atoms with Crippen molar-refractivity contribution < 1.29 is 19.8 Å². The van der Waals surface area contributed by atoms with E-state index in [9.17, 15) is 19.5 Å². The first kappa shape index (κ1) is 21.8. The van der Waals surface area contributed by atoms with Gasteiger partial charge in [-0.2, -0.15) is 4.98 Å². The normalized spacial score (nSPS) is 13.2. The number of carboxylic acids is 1. The summed E-state index contributed by atoms with van der Waals surface area (Å²) in [6.07, 6.45) is 4.64. The third-order valence-corrected chi connectivity index (χ3v) is 5.43. The molecule has 2 aromatic heterocycles. The Balaban J connectivity index is 0.000000500. The minimum atomic E-state index is -1.24. The highest BCUT2D eigenvalue weighted by Gasteiger charge is 2.24. The summed E-state index contributed by atoms with van der Waals surface area (Å²) in [6.45, 7) is 5.75. The molecular formula is C18H26N4O5S. The van der Waals surface area contributed by atoms with Gasteiger partial charge < -0.3 is 20.8 Å². The molecule has 4 N–H and O–H groups in total. The SMILES string of the molecule is CCNCC.O=C(O)CNC(=O)c1c(O)nc2sc3c(n2c1=O)CCCCC3. The molecule has 1 aliphatic carbocycles. The fourth-order valence-corrected chi connectivity index (χ4v) is 4.18. The van der Waals surface area contributed by atoms with Crippen LogP contribution in [0.25, 0.3) is 4.96 Å². The van der Waals surface area contributed by atoms with Crippen molar-refractivity contribution in [3.63, 3.8) is 0 Å². The van der Waals surface area contributed by atoms with Crippen LogP contribution < -0.4 is 16.2 Å². The van der Waals surface area contributed by atoms with Crippen LogP contribution in [0.4, 0.5) is 0 Å². The maximum absolute atomic E-state index is 12.6. The largest absolute Gasteiger partial charge is 0.492 e. The van der Waals surface area contributed by atoms with Crippen molar-refractivity contribution in [3.05, 3.63) is 26.5 Å². The summed E-state index contributed by atoms with van der Waals surface area (Å²) in [5.74, 6) is -2.85. The number of aromatic nitrogens is 2. The number of amides is 1. The molecule has 9 nitrogen and oxygen atoms in total. The van der Waals surface area contributed by atoms with Gasteiger partial charge in [-0.3, -0.25) is 18.8 Å². The molecule has 0 fully saturated rings. The molecular weight excluding hydrogens is 384 g/mol. The molecule has 0 unspecified atom stereocenters. The second-order valence-corrected chi connectivity index (χ2v) is 7.36. The zero-order valence-electron chi connectivity index (χ0n) is 16.1. The molecule has 0 atom stereocenters. The lowest BCUT2D eigenvalue weighted by Gasteiger charge is -2.06. The zero-order chi connectivity index (χ0) is 20.7. The Labute approximate surface area is 166 Å². The molecule has 2 heterocycles. The molecule has 0 radical (unpaired) electrons. The molecule has 0 saturated carbocycles. The van der Waals surface area contributed by atoms with Crippen molar-refractivity contribution in [2.75, 3.05) is 19.6 Å². The first-order valence-electron chi connectivity index (χ1n) is 9.37. The topological polar surface area (TPSA) is 133 Å². The molecule has 28 heavy (non-hydrogen) atoms. The molecule has 1 aliphatic rings. The fraction of sp³-hybridized carbons (Fsp3) is 0.556. The number of nitrogens with one attached hydrogen (secondary N) is 2. The van der Waals surface area contributed by atoms with E-state index in [2.05, 4.69) is 29.5 Å². The van der Waals surface area contributed by atoms with Crippen LogP contribution in [0.2, 0.25) is 0 Å². The van der Waals surface area contributed by atoms with E-state index in [-0.39, 0.29) is 0 Å². The van der Waals surface area contributed by atoms with E-state index in [4.69, 9.17) is 5.11 Å². The number of carbonyl (C=O) groups is 2. The molecule has 1 amide bonds. The van der Waals surface area contributed by atoms with E-state index in [0.29, 0.717) is 4.96 Å². The van der Waals surface area contributed by atoms with Crippen molar-refractivity contribution >= 4 is 28.2 Å². The van der Waals surface area contributed by atoms with Crippen LogP contribution in [0.1, 0.15) is 54.0 Å². The number of carbonyl (C=O) groups excluding carboxylic acids is 1. The lowest BCUT2D eigenvalue weighted by Crippen LogP contribution is -2.35. The Morgan fingerprint density at radius 2 is 1.86 bits per heavy atom. The number of hydrogen-bond acceptors (Lipinski definition) is 7. The number of aryl methyl sites for hydroxylation is 2. The molecule has 2 aromatic rings. The fourth-order valence-electron chi connectivity index (χ4n) is 2.99. The third-order valence-electron chi connectivity index (χ3n) is 4.28. The number of hydrogen-bond donors (Lipinski definition) is 4. The highest BCUT2D eigenvalue weighted by molar-refractivity contribution is 7.17. The van der Waals surface area contributed by atoms with Crippen molar-refractivity contribution in [1.82, 2.24) is 20.0 Å². The number of aromatic hydroxyl groups is 1. The summed E-state index contributed by atoms with van der Waals surface area (Å²) in [6, 6.07) is 0. The Bertz CT molecular complexity index is 903. The Morgan fingerprint density at radius 1 is 1.18 bits per heavy atom. The number of thiazole rings is 1. The molecule has 0 aromatic carbocycles. The van der Waals surface area contributed by atoms with E-state index >= 15 is 0 Å². The highest BCUT2D eigenvalue weighted by atomic mass is 32.1. The van der Waals surface area contributed by atoms with Crippen LogP contribution in [0.3, 0.4) is 0 Å². The maximum atomic E-state index is 12.6. The van der Waals surface area contributed by atoms with Crippen LogP contribution in [0, 0.1) is 0 Å². The molecule has 154 valence electrons. The van der Waals surface area contributed by atoms with Gasteiger partial charge in [-0.05, 0) is 38.8 Å². The van der Waals surface area contributed by atoms with Crippen LogP contribution in [0.15, 0.2) is 4.79 Å². The van der Waals surface area contributed by atoms with E-state index in [1.54, 1.807) is 0 Å². The van der Waals surface area contributed by atoms with E-state index < -0.39 is 35.4 Å². The quantitative estimate of drug-likeness (QED) is 0.544. The van der Waals surface area contributed by atoms with E-state index in [0.717, 1.165) is 55.8 Å². The van der Waals surface area contributed by atoms with Gasteiger partial charge in [0.15, 0.2) is 10.5 Å². The monoisotopic (exact) mass is 410 g/mol. The Kier molecular flexibility index (Phi) is 7.94. The van der Waals surface area contributed by atoms with E-state index in [1.807, 2.05) is 0 Å². The summed E-state index contributed by atoms with van der Waals surface area (Å²) in [7, 11) is 0. The van der Waals surface area contributed by atoms with Gasteiger partial charge in [-0.1, -0.05) is 20.3 Å². The van der Waals surface area contributed by atoms with Gasteiger partial charge in [0, 0.05) is 10.6 Å². The molecule has 0 bridgehead atoms. The molecule has 0 aliphatic heterocycles. The molecule has 10 heteroatoms. The summed E-state index contributed by atoms with van der Waals surface area (Å²) in [4.78, 5) is 40.5. The lowest BCUT2D eigenvalue weighted by atomic mass is 10.2. The van der Waals surface area contributed by atoms with Gasteiger partial charge in [0.1, 0.15) is 6.54 Å². The minimum Gasteiger partial charge on any atom is -0.492 e. The van der Waals surface area contributed by atoms with Gasteiger partial charge in [0.05, 0.1) is 0 Å². The molecule has 0 spiro atoms. The number of aliphatic carboxylic acids is 1. The standard InChI is InChI=1S/C14H15N3O5S.C4H11N/c18-9(19)6-15-11(20)10-12(21)16-14-17(13(10)22)7-4-2-1-3-5-8(7)23-14;1-3-5-4-2/h21H,1-6H2,(H,15,20)(H,18,19);5H,3-4H2,1-2H3. The average Bonchev–Trinajstić information content (AvgIpc) is 2.82. The second-order valence-electron chi connectivity index (χ2n) is 6.30. The number of rotatable bonds is 5. The van der Waals surface area contributed by atoms with Gasteiger partial charge in [-0.25, -0.2) is 0 Å². The smallest absolute Gasteiger partial charge is 0.322 e. The predicted octanol–water partition coefficient (Wildman–Crippen LogP) is 1.16. The van der Waals surface area contributed by atoms with Crippen molar-refractivity contribution in [3.8, 4) is 5.88 Å². The Morgan fingerprint density at radius 3 is 2.46 bits per heavy atom. The van der Waals surface area contributed by atoms with Crippen molar-refractivity contribution in [2.45, 2.75) is 46.0 Å². The van der Waals surface area contributed by atoms with Gasteiger partial charge in [-0.15, -0.1) is 11.3 Å². The third kappa shape index (κ3) is 5.08. The van der Waals surface area contributed by atoms with E-state index in [1.165, 1.54) is 15.7 Å². The zero-order valence-corrected chi connectivity index (χ0v) is 16.9. The molecule has 3 rings (SSSR count). The van der Waals surface area contributed by atoms with Gasteiger partial charge in [0.2, 0.25) is 5.88 Å². The first-order chi connectivity index (χ1) is 13.4. The van der Waals surface area contributed by atoms with Gasteiger partial charge >= 0.3 is 5.97 Å². The molecule has 0 saturated heterocycles. The summed E-state index contributed by atoms with van der Waals surface area (Å²) >= 11 is 1.35. The minimum absolute atomic E-state index is 0.356. The van der Waals surface area contributed by atoms with Crippen molar-refractivity contribution in [2.24, 2.45) is 0 Å². The average molecular weight is 410 g/mol. The summed E-state index contributed by atoms with van der Waals surface area (Å²) < 4.78 is 1.38. The maximum Gasteiger partial charge on any atom is 0.322 e. The predicted molar refractivity (Wildman–Crippen MR) is 106 cm³/mol. The number of fused-ring (bicyclic) bond motifs is 3. The summed E-state index contributed by atoms with van der Waals surface area (Å²) in [5.41, 5.74) is -0.337. The van der Waals surface area contributed by atoms with Crippen LogP contribution >= 0.6 is 11.3 Å². The highest BCUT2D eigenvalue weighted by Crippen LogP contribution is 2.28. The van der Waals surface area contributed by atoms with Crippen LogP contribution in [-0.4, -0.2) is 51.1 Å². The lowest BCUT2D eigenvalue weighted by molar-refractivity contribution is -0.135. The second kappa shape index (κ2) is 10.2. The number of carboxylic acid groups (broad SMARTS) is 1. The van der Waals surface area contributed by atoms with Crippen molar-refractivity contribution in [1.29, 1.82) is 0 Å². The van der Waals surface area contributed by atoms with Crippen LogP contribution in [-0.2, 0) is 17.6 Å². The first-order valence-corrected chi connectivity index (χ1v) is 10.2. The van der Waals surface area contributed by atoms with Gasteiger partial charge in [0.25, 0.3) is 11.5 Å². The van der Waals surface area contributed by atoms with Crippen LogP contribution in [0.5, 0.6) is 5.88 Å². The Hall–Kier alpha value is -2.46. The summed E-state index contributed by atoms with van der Waals surface area (Å²) in [5, 5.41) is 23.7.